The van der Waals surface area contributed by atoms with Gasteiger partial charge in [0, 0.05) is 15.8 Å². The third kappa shape index (κ3) is 4.55. The van der Waals surface area contributed by atoms with E-state index >= 15 is 0 Å². The first-order valence-corrected chi connectivity index (χ1v) is 12.5. The number of hydrogen-bond donors (Lipinski definition) is 0. The van der Waals surface area contributed by atoms with Crippen molar-refractivity contribution in [1.82, 2.24) is 14.8 Å². The molecule has 7 heteroatoms. The Balaban J connectivity index is 1.52. The number of hydrogen-bond acceptors (Lipinski definition) is 5. The van der Waals surface area contributed by atoms with Gasteiger partial charge >= 0.3 is 0 Å². The highest BCUT2D eigenvalue weighted by Crippen LogP contribution is 2.42. The highest BCUT2D eigenvalue weighted by molar-refractivity contribution is 7.99. The number of rotatable bonds is 7. The van der Waals surface area contributed by atoms with Gasteiger partial charge in [0.1, 0.15) is 5.75 Å². The molecule has 0 bridgehead atoms. The fourth-order valence-electron chi connectivity index (χ4n) is 3.50. The second kappa shape index (κ2) is 9.83. The van der Waals surface area contributed by atoms with Crippen molar-refractivity contribution in [3.8, 4) is 22.1 Å². The third-order valence-corrected chi connectivity index (χ3v) is 7.67. The molecule has 4 nitrogen and oxygen atoms in total. The van der Waals surface area contributed by atoms with Gasteiger partial charge in [-0.15, -0.1) is 21.5 Å². The largest absolute Gasteiger partial charge is 0.497 e. The first-order valence-electron chi connectivity index (χ1n) is 10.4. The smallest absolute Gasteiger partial charge is 0.196 e. The van der Waals surface area contributed by atoms with Gasteiger partial charge in [0.25, 0.3) is 0 Å². The molecule has 0 spiro atoms. The molecule has 0 atom stereocenters. The van der Waals surface area contributed by atoms with Crippen molar-refractivity contribution in [2.45, 2.75) is 5.16 Å². The van der Waals surface area contributed by atoms with E-state index in [1.54, 1.807) is 30.2 Å². The second-order valence-electron chi connectivity index (χ2n) is 7.21. The number of thiophene rings is 1. The van der Waals surface area contributed by atoms with Crippen LogP contribution in [0, 0.1) is 0 Å². The second-order valence-corrected chi connectivity index (χ2v) is 9.62. The Kier molecular flexibility index (Phi) is 6.48. The summed E-state index contributed by atoms with van der Waals surface area (Å²) in [5.41, 5.74) is 2.13. The van der Waals surface area contributed by atoms with Gasteiger partial charge in [-0.3, -0.25) is 4.57 Å². The maximum Gasteiger partial charge on any atom is 0.196 e. The molecule has 0 aliphatic carbocycles. The van der Waals surface area contributed by atoms with Crippen LogP contribution in [0.2, 0.25) is 5.02 Å². The van der Waals surface area contributed by atoms with Gasteiger partial charge < -0.3 is 4.74 Å². The standard InChI is InChI=1S/C26H20ClN3OS2/c1-31-20-15-13-19(14-16-20)30-25(24-23(27)21-11-5-6-12-22(21)33-24)28-29-26(30)32-17-7-10-18-8-3-2-4-9-18/h2-16H,17H2,1H3/b10-7+. The molecule has 2 heterocycles. The van der Waals surface area contributed by atoms with E-state index in [9.17, 15) is 0 Å². The summed E-state index contributed by atoms with van der Waals surface area (Å²) in [6.45, 7) is 0. The number of aromatic nitrogens is 3. The Labute approximate surface area is 205 Å². The SMILES string of the molecule is COc1ccc(-n2c(SC/C=C/c3ccccc3)nnc2-c2sc3ccccc3c2Cl)cc1. The topological polar surface area (TPSA) is 39.9 Å². The molecule has 0 fully saturated rings. The van der Waals surface area contributed by atoms with Gasteiger partial charge in [0.15, 0.2) is 11.0 Å². The van der Waals surface area contributed by atoms with Crippen LogP contribution < -0.4 is 4.74 Å². The molecule has 0 radical (unpaired) electrons. The van der Waals surface area contributed by atoms with Gasteiger partial charge in [-0.25, -0.2) is 0 Å². The lowest BCUT2D eigenvalue weighted by Gasteiger charge is -2.10. The molecular formula is C26H20ClN3OS2. The van der Waals surface area contributed by atoms with Crippen LogP contribution in [0.3, 0.4) is 0 Å². The van der Waals surface area contributed by atoms with Crippen molar-refractivity contribution >= 4 is 50.9 Å². The lowest BCUT2D eigenvalue weighted by Crippen LogP contribution is -1.99. The van der Waals surface area contributed by atoms with E-state index in [0.29, 0.717) is 5.02 Å². The first-order chi connectivity index (χ1) is 16.2. The zero-order chi connectivity index (χ0) is 22.6. The van der Waals surface area contributed by atoms with Crippen LogP contribution in [-0.2, 0) is 0 Å². The molecule has 5 rings (SSSR count). The molecule has 5 aromatic rings. The van der Waals surface area contributed by atoms with E-state index in [2.05, 4.69) is 45.1 Å². The Hall–Kier alpha value is -3.06. The van der Waals surface area contributed by atoms with Crippen LogP contribution in [0.4, 0.5) is 0 Å². The van der Waals surface area contributed by atoms with Gasteiger partial charge in [-0.1, -0.05) is 84.0 Å². The number of fused-ring (bicyclic) bond motifs is 1. The van der Waals surface area contributed by atoms with Crippen LogP contribution in [0.5, 0.6) is 5.75 Å². The minimum atomic E-state index is 0.707. The van der Waals surface area contributed by atoms with Crippen molar-refractivity contribution < 1.29 is 4.74 Å². The summed E-state index contributed by atoms with van der Waals surface area (Å²) in [6.07, 6.45) is 4.25. The highest BCUT2D eigenvalue weighted by Gasteiger charge is 2.21. The maximum absolute atomic E-state index is 6.79. The van der Waals surface area contributed by atoms with E-state index in [1.807, 2.05) is 60.7 Å². The molecule has 0 unspecified atom stereocenters. The number of nitrogens with zero attached hydrogens (tertiary/aromatic N) is 3. The zero-order valence-electron chi connectivity index (χ0n) is 17.8. The molecule has 0 aliphatic rings. The van der Waals surface area contributed by atoms with Crippen LogP contribution in [0.15, 0.2) is 90.1 Å². The Bertz CT molecular complexity index is 1410. The maximum atomic E-state index is 6.79. The number of ether oxygens (including phenoxy) is 1. The lowest BCUT2D eigenvalue weighted by atomic mass is 10.2. The van der Waals surface area contributed by atoms with E-state index in [1.165, 1.54) is 5.56 Å². The summed E-state index contributed by atoms with van der Waals surface area (Å²) in [5.74, 6) is 2.30. The average molecular weight is 490 g/mol. The monoisotopic (exact) mass is 489 g/mol. The van der Waals surface area contributed by atoms with Gasteiger partial charge in [0.05, 0.1) is 22.7 Å². The molecule has 0 N–H and O–H groups in total. The molecule has 0 saturated carbocycles. The lowest BCUT2D eigenvalue weighted by molar-refractivity contribution is 0.414. The molecular weight excluding hydrogens is 470 g/mol. The summed E-state index contributed by atoms with van der Waals surface area (Å²) in [7, 11) is 1.66. The Morgan fingerprint density at radius 2 is 1.73 bits per heavy atom. The normalized spacial score (nSPS) is 11.5. The number of benzene rings is 3. The van der Waals surface area contributed by atoms with Gasteiger partial charge in [-0.2, -0.15) is 0 Å². The number of methoxy groups -OCH3 is 1. The van der Waals surface area contributed by atoms with E-state index in [0.717, 1.165) is 43.1 Å². The predicted octanol–water partition coefficient (Wildman–Crippen LogP) is 7.62. The van der Waals surface area contributed by atoms with Crippen molar-refractivity contribution in [2.75, 3.05) is 12.9 Å². The molecule has 3 aromatic carbocycles. The number of thioether (sulfide) groups is 1. The summed E-state index contributed by atoms with van der Waals surface area (Å²) in [5, 5.41) is 11.6. The predicted molar refractivity (Wildman–Crippen MR) is 140 cm³/mol. The molecule has 0 aliphatic heterocycles. The zero-order valence-corrected chi connectivity index (χ0v) is 20.2. The van der Waals surface area contributed by atoms with Crippen molar-refractivity contribution in [3.63, 3.8) is 0 Å². The fourth-order valence-corrected chi connectivity index (χ4v) is 5.76. The summed E-state index contributed by atoms with van der Waals surface area (Å²) in [4.78, 5) is 0.910. The Morgan fingerprint density at radius 3 is 2.48 bits per heavy atom. The molecule has 164 valence electrons. The van der Waals surface area contributed by atoms with Crippen molar-refractivity contribution in [1.29, 1.82) is 0 Å². The third-order valence-electron chi connectivity index (χ3n) is 5.12. The van der Waals surface area contributed by atoms with Gasteiger partial charge in [0.2, 0.25) is 0 Å². The average Bonchev–Trinajstić information content (AvgIpc) is 3.43. The van der Waals surface area contributed by atoms with Crippen molar-refractivity contribution in [3.05, 3.63) is 95.5 Å². The summed E-state index contributed by atoms with van der Waals surface area (Å²) in [6, 6.07) is 26.3. The van der Waals surface area contributed by atoms with Crippen LogP contribution >= 0.6 is 34.7 Å². The van der Waals surface area contributed by atoms with E-state index in [-0.39, 0.29) is 0 Å². The van der Waals surface area contributed by atoms with Crippen LogP contribution in [0.25, 0.3) is 32.6 Å². The fraction of sp³-hybridized carbons (Fsp3) is 0.0769. The molecule has 0 amide bonds. The van der Waals surface area contributed by atoms with E-state index in [4.69, 9.17) is 16.3 Å². The summed E-state index contributed by atoms with van der Waals surface area (Å²) >= 11 is 10.1. The van der Waals surface area contributed by atoms with Gasteiger partial charge in [-0.05, 0) is 35.9 Å². The van der Waals surface area contributed by atoms with Crippen LogP contribution in [-0.4, -0.2) is 27.6 Å². The van der Waals surface area contributed by atoms with Crippen molar-refractivity contribution in [2.24, 2.45) is 0 Å². The van der Waals surface area contributed by atoms with E-state index < -0.39 is 0 Å². The quantitative estimate of drug-likeness (QED) is 0.220. The highest BCUT2D eigenvalue weighted by atomic mass is 35.5. The first kappa shape index (κ1) is 21.8. The minimum absolute atomic E-state index is 0.707. The number of halogens is 1. The molecule has 33 heavy (non-hydrogen) atoms. The summed E-state index contributed by atoms with van der Waals surface area (Å²) < 4.78 is 8.53. The van der Waals surface area contributed by atoms with Crippen LogP contribution in [0.1, 0.15) is 5.56 Å². The molecule has 2 aromatic heterocycles. The minimum Gasteiger partial charge on any atom is -0.497 e. The Morgan fingerprint density at radius 1 is 0.970 bits per heavy atom. The molecule has 0 saturated heterocycles.